The SMILES string of the molecule is CCS(=O)(=O)N1CCCC(c2nc(CC(C)NC)no2)C1. The van der Waals surface area contributed by atoms with Gasteiger partial charge in [-0.1, -0.05) is 5.16 Å². The van der Waals surface area contributed by atoms with Crippen LogP contribution in [0.15, 0.2) is 4.52 Å². The Hall–Kier alpha value is -0.990. The molecule has 2 atom stereocenters. The highest BCUT2D eigenvalue weighted by Crippen LogP contribution is 2.27. The Morgan fingerprint density at radius 3 is 2.95 bits per heavy atom. The fourth-order valence-electron chi connectivity index (χ4n) is 2.47. The Bertz CT molecular complexity index is 558. The van der Waals surface area contributed by atoms with E-state index < -0.39 is 10.0 Å². The van der Waals surface area contributed by atoms with Gasteiger partial charge < -0.3 is 9.84 Å². The van der Waals surface area contributed by atoms with Crippen molar-refractivity contribution in [1.29, 1.82) is 0 Å². The lowest BCUT2D eigenvalue weighted by atomic mass is 10.00. The minimum atomic E-state index is -3.14. The summed E-state index contributed by atoms with van der Waals surface area (Å²) in [6, 6.07) is 0.277. The number of aromatic nitrogens is 2. The third-order valence-electron chi connectivity index (χ3n) is 3.96. The lowest BCUT2D eigenvalue weighted by Gasteiger charge is -2.29. The van der Waals surface area contributed by atoms with Gasteiger partial charge in [-0.25, -0.2) is 12.7 Å². The normalized spacial score (nSPS) is 22.3. The molecule has 0 radical (unpaired) electrons. The van der Waals surface area contributed by atoms with Crippen LogP contribution >= 0.6 is 0 Å². The molecule has 0 bridgehead atoms. The average molecular weight is 316 g/mol. The lowest BCUT2D eigenvalue weighted by Crippen LogP contribution is -2.40. The van der Waals surface area contributed by atoms with Crippen molar-refractivity contribution < 1.29 is 12.9 Å². The summed E-state index contributed by atoms with van der Waals surface area (Å²) in [5.74, 6) is 1.37. The number of hydrogen-bond acceptors (Lipinski definition) is 6. The van der Waals surface area contributed by atoms with E-state index in [0.717, 1.165) is 12.8 Å². The second kappa shape index (κ2) is 6.85. The third-order valence-corrected chi connectivity index (χ3v) is 5.80. The van der Waals surface area contributed by atoms with E-state index in [2.05, 4.69) is 15.5 Å². The molecule has 21 heavy (non-hydrogen) atoms. The number of hydrogen-bond donors (Lipinski definition) is 1. The largest absolute Gasteiger partial charge is 0.339 e. The van der Waals surface area contributed by atoms with Gasteiger partial charge in [0.2, 0.25) is 15.9 Å². The Kier molecular flexibility index (Phi) is 5.34. The molecule has 8 heteroatoms. The van der Waals surface area contributed by atoms with Gasteiger partial charge in [0.1, 0.15) is 0 Å². The smallest absolute Gasteiger partial charge is 0.231 e. The predicted octanol–water partition coefficient (Wildman–Crippen LogP) is 0.749. The van der Waals surface area contributed by atoms with Crippen LogP contribution in [0.25, 0.3) is 0 Å². The van der Waals surface area contributed by atoms with Crippen molar-refractivity contribution in [3.8, 4) is 0 Å². The Balaban J connectivity index is 2.05. The van der Waals surface area contributed by atoms with Crippen molar-refractivity contribution in [3.63, 3.8) is 0 Å². The van der Waals surface area contributed by atoms with E-state index in [-0.39, 0.29) is 17.7 Å². The predicted molar refractivity (Wildman–Crippen MR) is 79.5 cm³/mol. The summed E-state index contributed by atoms with van der Waals surface area (Å²) < 4.78 is 30.8. The summed E-state index contributed by atoms with van der Waals surface area (Å²) in [6.45, 7) is 4.75. The zero-order chi connectivity index (χ0) is 15.5. The molecular formula is C13H24N4O3S. The molecule has 7 nitrogen and oxygen atoms in total. The molecule has 120 valence electrons. The number of sulfonamides is 1. The third kappa shape index (κ3) is 4.02. The molecule has 2 heterocycles. The van der Waals surface area contributed by atoms with Crippen molar-refractivity contribution in [2.24, 2.45) is 0 Å². The summed E-state index contributed by atoms with van der Waals surface area (Å²) in [4.78, 5) is 4.42. The maximum absolute atomic E-state index is 12.0. The van der Waals surface area contributed by atoms with Gasteiger partial charge in [-0.3, -0.25) is 0 Å². The van der Waals surface area contributed by atoms with E-state index >= 15 is 0 Å². The first-order valence-corrected chi connectivity index (χ1v) is 9.04. The molecule has 1 aromatic rings. The van der Waals surface area contributed by atoms with Crippen LogP contribution in [-0.2, 0) is 16.4 Å². The summed E-state index contributed by atoms with van der Waals surface area (Å²) in [6.07, 6.45) is 2.41. The Morgan fingerprint density at radius 1 is 1.52 bits per heavy atom. The van der Waals surface area contributed by atoms with Gasteiger partial charge in [0, 0.05) is 25.6 Å². The first-order chi connectivity index (χ1) is 9.96. The highest BCUT2D eigenvalue weighted by molar-refractivity contribution is 7.89. The van der Waals surface area contributed by atoms with Crippen LogP contribution < -0.4 is 5.32 Å². The number of rotatable bonds is 6. The van der Waals surface area contributed by atoms with Gasteiger partial charge in [-0.05, 0) is 33.7 Å². The minimum Gasteiger partial charge on any atom is -0.339 e. The van der Waals surface area contributed by atoms with Gasteiger partial charge >= 0.3 is 0 Å². The zero-order valence-corrected chi connectivity index (χ0v) is 13.7. The summed E-state index contributed by atoms with van der Waals surface area (Å²) in [5, 5.41) is 7.12. The first kappa shape index (κ1) is 16.4. The van der Waals surface area contributed by atoms with E-state index in [1.807, 2.05) is 14.0 Å². The molecule has 1 aromatic heterocycles. The van der Waals surface area contributed by atoms with Gasteiger partial charge in [0.05, 0.1) is 11.7 Å². The van der Waals surface area contributed by atoms with Gasteiger partial charge in [-0.15, -0.1) is 0 Å². The maximum atomic E-state index is 12.0. The van der Waals surface area contributed by atoms with E-state index in [9.17, 15) is 8.42 Å². The van der Waals surface area contributed by atoms with Crippen molar-refractivity contribution in [1.82, 2.24) is 19.8 Å². The van der Waals surface area contributed by atoms with E-state index in [0.29, 0.717) is 31.2 Å². The quantitative estimate of drug-likeness (QED) is 0.833. The number of nitrogens with one attached hydrogen (secondary N) is 1. The molecule has 1 saturated heterocycles. The zero-order valence-electron chi connectivity index (χ0n) is 12.9. The van der Waals surface area contributed by atoms with Crippen LogP contribution in [0.4, 0.5) is 0 Å². The van der Waals surface area contributed by atoms with Gasteiger partial charge in [-0.2, -0.15) is 4.98 Å². The molecule has 0 saturated carbocycles. The number of likely N-dealkylation sites (N-methyl/N-ethyl adjacent to an activating group) is 1. The summed E-state index contributed by atoms with van der Waals surface area (Å²) in [5.41, 5.74) is 0. The fourth-order valence-corrected chi connectivity index (χ4v) is 3.65. The number of piperidine rings is 1. The molecule has 1 fully saturated rings. The Morgan fingerprint density at radius 2 is 2.29 bits per heavy atom. The molecule has 1 aliphatic rings. The van der Waals surface area contributed by atoms with Crippen molar-refractivity contribution in [3.05, 3.63) is 11.7 Å². The lowest BCUT2D eigenvalue weighted by molar-refractivity contribution is 0.265. The van der Waals surface area contributed by atoms with Crippen LogP contribution in [0, 0.1) is 0 Å². The average Bonchev–Trinajstić information content (AvgIpc) is 2.95. The fraction of sp³-hybridized carbons (Fsp3) is 0.846. The van der Waals surface area contributed by atoms with Gasteiger partial charge in [0.25, 0.3) is 0 Å². The van der Waals surface area contributed by atoms with Crippen LogP contribution in [0.1, 0.15) is 44.3 Å². The van der Waals surface area contributed by atoms with Crippen molar-refractivity contribution in [2.75, 3.05) is 25.9 Å². The highest BCUT2D eigenvalue weighted by atomic mass is 32.2. The van der Waals surface area contributed by atoms with Crippen LogP contribution in [0.3, 0.4) is 0 Å². The van der Waals surface area contributed by atoms with Gasteiger partial charge in [0.15, 0.2) is 5.82 Å². The Labute approximate surface area is 126 Å². The topological polar surface area (TPSA) is 88.3 Å². The van der Waals surface area contributed by atoms with E-state index in [1.54, 1.807) is 11.2 Å². The molecule has 1 N–H and O–H groups in total. The standard InChI is InChI=1S/C13H24N4O3S/c1-4-21(18,19)17-7-5-6-11(9-17)13-15-12(16-20-13)8-10(2)14-3/h10-11,14H,4-9H2,1-3H3. The highest BCUT2D eigenvalue weighted by Gasteiger charge is 2.31. The minimum absolute atomic E-state index is 0.00576. The van der Waals surface area contributed by atoms with Crippen LogP contribution in [-0.4, -0.2) is 54.8 Å². The van der Waals surface area contributed by atoms with E-state index in [4.69, 9.17) is 4.52 Å². The second-order valence-electron chi connectivity index (χ2n) is 5.54. The van der Waals surface area contributed by atoms with Crippen LogP contribution in [0.5, 0.6) is 0 Å². The van der Waals surface area contributed by atoms with Crippen LogP contribution in [0.2, 0.25) is 0 Å². The first-order valence-electron chi connectivity index (χ1n) is 7.43. The maximum Gasteiger partial charge on any atom is 0.231 e. The monoisotopic (exact) mass is 316 g/mol. The molecular weight excluding hydrogens is 292 g/mol. The van der Waals surface area contributed by atoms with Crippen molar-refractivity contribution in [2.45, 2.75) is 45.1 Å². The summed E-state index contributed by atoms with van der Waals surface area (Å²) >= 11 is 0. The molecule has 2 unspecified atom stereocenters. The molecule has 0 aliphatic carbocycles. The summed E-state index contributed by atoms with van der Waals surface area (Å²) in [7, 11) is -1.26. The molecule has 0 amide bonds. The molecule has 1 aliphatic heterocycles. The van der Waals surface area contributed by atoms with E-state index in [1.165, 1.54) is 0 Å². The second-order valence-corrected chi connectivity index (χ2v) is 7.80. The molecule has 0 spiro atoms. The number of nitrogens with zero attached hydrogens (tertiary/aromatic N) is 3. The molecule has 2 rings (SSSR count). The van der Waals surface area contributed by atoms with Crippen molar-refractivity contribution >= 4 is 10.0 Å². The molecule has 0 aromatic carbocycles.